The number of hydrogen-bond acceptors (Lipinski definition) is 2. The standard InChI is InChI=1S/C9H8Br2F2O2S/c10-5-4-16-8(7(5)11)9(12,13)3-1-2-6(14)15/h4H,1-3H2,(H,14,15). The van der Waals surface area contributed by atoms with Gasteiger partial charge in [0.15, 0.2) is 0 Å². The van der Waals surface area contributed by atoms with Crippen molar-refractivity contribution in [3.05, 3.63) is 19.2 Å². The maximum atomic E-state index is 13.6. The van der Waals surface area contributed by atoms with Gasteiger partial charge in [0.25, 0.3) is 5.92 Å². The summed E-state index contributed by atoms with van der Waals surface area (Å²) in [5.41, 5.74) is 0. The van der Waals surface area contributed by atoms with Gasteiger partial charge in [0.1, 0.15) is 0 Å². The summed E-state index contributed by atoms with van der Waals surface area (Å²) in [6, 6.07) is 0. The molecule has 0 unspecified atom stereocenters. The van der Waals surface area contributed by atoms with E-state index in [1.165, 1.54) is 0 Å². The molecule has 1 aromatic rings. The van der Waals surface area contributed by atoms with Gasteiger partial charge in [0.2, 0.25) is 0 Å². The van der Waals surface area contributed by atoms with E-state index in [1.807, 2.05) is 0 Å². The Morgan fingerprint density at radius 1 is 1.50 bits per heavy atom. The SMILES string of the molecule is O=C(O)CCCC(F)(F)c1scc(Br)c1Br. The van der Waals surface area contributed by atoms with Crippen molar-refractivity contribution in [2.24, 2.45) is 0 Å². The third-order valence-corrected chi connectivity index (χ3v) is 5.54. The Bertz CT molecular complexity index is 393. The van der Waals surface area contributed by atoms with Crippen molar-refractivity contribution < 1.29 is 18.7 Å². The highest BCUT2D eigenvalue weighted by Crippen LogP contribution is 2.44. The topological polar surface area (TPSA) is 37.3 Å². The van der Waals surface area contributed by atoms with Gasteiger partial charge in [-0.3, -0.25) is 4.79 Å². The highest BCUT2D eigenvalue weighted by molar-refractivity contribution is 9.13. The fraction of sp³-hybridized carbons (Fsp3) is 0.444. The summed E-state index contributed by atoms with van der Waals surface area (Å²) in [5, 5.41) is 9.95. The lowest BCUT2D eigenvalue weighted by Crippen LogP contribution is -2.12. The van der Waals surface area contributed by atoms with Gasteiger partial charge in [-0.1, -0.05) is 0 Å². The smallest absolute Gasteiger partial charge is 0.303 e. The average molecular weight is 378 g/mol. The minimum absolute atomic E-state index is 0.0374. The molecule has 2 nitrogen and oxygen atoms in total. The summed E-state index contributed by atoms with van der Waals surface area (Å²) in [7, 11) is 0. The largest absolute Gasteiger partial charge is 0.481 e. The molecule has 1 heterocycles. The van der Waals surface area contributed by atoms with Gasteiger partial charge in [-0.05, 0) is 38.3 Å². The molecule has 0 bridgehead atoms. The number of rotatable bonds is 5. The van der Waals surface area contributed by atoms with Gasteiger partial charge in [-0.2, -0.15) is 0 Å². The number of carboxylic acids is 1. The summed E-state index contributed by atoms with van der Waals surface area (Å²) in [4.78, 5) is 10.2. The van der Waals surface area contributed by atoms with Crippen LogP contribution in [0.3, 0.4) is 0 Å². The summed E-state index contributed by atoms with van der Waals surface area (Å²) in [6.45, 7) is 0. The normalized spacial score (nSPS) is 11.8. The second kappa shape index (κ2) is 5.55. The Kier molecular flexibility index (Phi) is 4.88. The van der Waals surface area contributed by atoms with Crippen molar-refractivity contribution in [2.75, 3.05) is 0 Å². The molecule has 7 heteroatoms. The van der Waals surface area contributed by atoms with E-state index in [4.69, 9.17) is 5.11 Å². The first-order valence-corrected chi connectivity index (χ1v) is 6.83. The van der Waals surface area contributed by atoms with Crippen LogP contribution in [0.5, 0.6) is 0 Å². The molecule has 0 aromatic carbocycles. The lowest BCUT2D eigenvalue weighted by Gasteiger charge is -2.14. The molecule has 0 saturated heterocycles. The van der Waals surface area contributed by atoms with Crippen molar-refractivity contribution in [3.63, 3.8) is 0 Å². The first-order chi connectivity index (χ1) is 7.34. The fourth-order valence-electron chi connectivity index (χ4n) is 1.14. The molecule has 90 valence electrons. The fourth-order valence-corrected chi connectivity index (χ4v) is 3.42. The van der Waals surface area contributed by atoms with Gasteiger partial charge in [-0.15, -0.1) is 11.3 Å². The molecule has 1 rings (SSSR count). The Hall–Kier alpha value is -0.0100. The maximum absolute atomic E-state index is 13.6. The maximum Gasteiger partial charge on any atom is 0.303 e. The predicted octanol–water partition coefficient (Wildman–Crippen LogP) is 4.62. The van der Waals surface area contributed by atoms with Gasteiger partial charge in [0, 0.05) is 22.7 Å². The molecular weight excluding hydrogens is 370 g/mol. The minimum Gasteiger partial charge on any atom is -0.481 e. The van der Waals surface area contributed by atoms with Crippen LogP contribution in [0.1, 0.15) is 24.1 Å². The number of carbonyl (C=O) groups is 1. The van der Waals surface area contributed by atoms with Gasteiger partial charge >= 0.3 is 5.97 Å². The van der Waals surface area contributed by atoms with Crippen LogP contribution >= 0.6 is 43.2 Å². The number of aliphatic carboxylic acids is 1. The van der Waals surface area contributed by atoms with Crippen LogP contribution in [-0.2, 0) is 10.7 Å². The molecule has 0 amide bonds. The molecule has 0 aliphatic heterocycles. The first kappa shape index (κ1) is 14.1. The Labute approximate surface area is 112 Å². The molecule has 0 spiro atoms. The van der Waals surface area contributed by atoms with E-state index >= 15 is 0 Å². The van der Waals surface area contributed by atoms with Crippen LogP contribution in [0.2, 0.25) is 0 Å². The van der Waals surface area contributed by atoms with E-state index in [0.717, 1.165) is 11.3 Å². The molecule has 1 N–H and O–H groups in total. The van der Waals surface area contributed by atoms with Gasteiger partial charge in [-0.25, -0.2) is 8.78 Å². The number of halogens is 4. The highest BCUT2D eigenvalue weighted by Gasteiger charge is 2.35. The zero-order chi connectivity index (χ0) is 12.3. The van der Waals surface area contributed by atoms with Crippen molar-refractivity contribution in [1.82, 2.24) is 0 Å². The molecule has 0 fully saturated rings. The van der Waals surface area contributed by atoms with E-state index < -0.39 is 18.3 Å². The van der Waals surface area contributed by atoms with Crippen molar-refractivity contribution in [1.29, 1.82) is 0 Å². The van der Waals surface area contributed by atoms with Crippen LogP contribution in [0.15, 0.2) is 14.3 Å². The quantitative estimate of drug-likeness (QED) is 0.812. The van der Waals surface area contributed by atoms with E-state index in [1.54, 1.807) is 5.38 Å². The monoisotopic (exact) mass is 376 g/mol. The van der Waals surface area contributed by atoms with Crippen molar-refractivity contribution in [2.45, 2.75) is 25.2 Å². The molecule has 1 aromatic heterocycles. The summed E-state index contributed by atoms with van der Waals surface area (Å²) in [5.74, 6) is -4.03. The third-order valence-electron chi connectivity index (χ3n) is 1.90. The van der Waals surface area contributed by atoms with Crippen LogP contribution < -0.4 is 0 Å². The lowest BCUT2D eigenvalue weighted by atomic mass is 10.1. The van der Waals surface area contributed by atoms with Crippen molar-refractivity contribution >= 4 is 49.2 Å². The third kappa shape index (κ3) is 3.49. The van der Waals surface area contributed by atoms with Crippen LogP contribution in [0.25, 0.3) is 0 Å². The molecule has 16 heavy (non-hydrogen) atoms. The van der Waals surface area contributed by atoms with Crippen LogP contribution in [0, 0.1) is 0 Å². The van der Waals surface area contributed by atoms with E-state index in [2.05, 4.69) is 31.9 Å². The molecule has 0 atom stereocenters. The van der Waals surface area contributed by atoms with Crippen LogP contribution in [-0.4, -0.2) is 11.1 Å². The molecule has 0 radical (unpaired) electrons. The van der Waals surface area contributed by atoms with E-state index in [-0.39, 0.29) is 17.7 Å². The van der Waals surface area contributed by atoms with Crippen molar-refractivity contribution in [3.8, 4) is 0 Å². The van der Waals surface area contributed by atoms with E-state index in [0.29, 0.717) is 8.95 Å². The summed E-state index contributed by atoms with van der Waals surface area (Å²) < 4.78 is 28.2. The Morgan fingerprint density at radius 3 is 2.56 bits per heavy atom. The van der Waals surface area contributed by atoms with Crippen LogP contribution in [0.4, 0.5) is 8.78 Å². The number of alkyl halides is 2. The second-order valence-electron chi connectivity index (χ2n) is 3.18. The van der Waals surface area contributed by atoms with Gasteiger partial charge in [0.05, 0.1) is 9.35 Å². The number of thiophene rings is 1. The molecule has 0 aliphatic carbocycles. The minimum atomic E-state index is -2.98. The number of carboxylic acid groups (broad SMARTS) is 1. The molecular formula is C9H8Br2F2O2S. The second-order valence-corrected chi connectivity index (χ2v) is 5.71. The first-order valence-electron chi connectivity index (χ1n) is 4.37. The Morgan fingerprint density at radius 2 is 2.12 bits per heavy atom. The highest BCUT2D eigenvalue weighted by atomic mass is 79.9. The van der Waals surface area contributed by atoms with E-state index in [9.17, 15) is 13.6 Å². The predicted molar refractivity (Wildman–Crippen MR) is 65.1 cm³/mol. The lowest BCUT2D eigenvalue weighted by molar-refractivity contribution is -0.137. The average Bonchev–Trinajstić information content (AvgIpc) is 2.47. The molecule has 0 aliphatic rings. The Balaban J connectivity index is 2.70. The summed E-state index contributed by atoms with van der Waals surface area (Å²) >= 11 is 7.16. The zero-order valence-corrected chi connectivity index (χ0v) is 12.0. The van der Waals surface area contributed by atoms with Gasteiger partial charge < -0.3 is 5.11 Å². The molecule has 0 saturated carbocycles. The summed E-state index contributed by atoms with van der Waals surface area (Å²) in [6.07, 6.45) is -0.727. The number of hydrogen-bond donors (Lipinski definition) is 1. The zero-order valence-electron chi connectivity index (χ0n) is 7.97.